The largest absolute Gasteiger partial charge is 0.481 e. The van der Waals surface area contributed by atoms with Gasteiger partial charge in [0, 0.05) is 11.0 Å². The number of hydrogen-bond acceptors (Lipinski definition) is 2. The summed E-state index contributed by atoms with van der Waals surface area (Å²) >= 11 is 3.34. The van der Waals surface area contributed by atoms with Crippen molar-refractivity contribution in [3.63, 3.8) is 0 Å². The van der Waals surface area contributed by atoms with Crippen molar-refractivity contribution in [2.75, 3.05) is 6.54 Å². The van der Waals surface area contributed by atoms with Gasteiger partial charge in [0.15, 0.2) is 0 Å². The Morgan fingerprint density at radius 2 is 1.84 bits per heavy atom. The monoisotopic (exact) mass is 327 g/mol. The lowest BCUT2D eigenvalue weighted by atomic mass is 9.93. The summed E-state index contributed by atoms with van der Waals surface area (Å²) in [4.78, 5) is 22.9. The molecule has 1 amide bonds. The van der Waals surface area contributed by atoms with Crippen LogP contribution in [0.2, 0.25) is 0 Å². The number of carboxylic acid groups (broad SMARTS) is 1. The highest BCUT2D eigenvalue weighted by Crippen LogP contribution is 2.19. The predicted octanol–water partition coefficient (Wildman–Crippen LogP) is 2.78. The van der Waals surface area contributed by atoms with Crippen LogP contribution in [0.1, 0.15) is 32.3 Å². The highest BCUT2D eigenvalue weighted by Gasteiger charge is 2.28. The SMILES string of the molecule is CC(C(=O)NCC(C)(C)C(=O)O)c1ccc(Br)cc1. The number of amides is 1. The Balaban J connectivity index is 2.63. The maximum absolute atomic E-state index is 12.0. The maximum atomic E-state index is 12.0. The first kappa shape index (κ1) is 15.7. The van der Waals surface area contributed by atoms with E-state index in [0.29, 0.717) is 0 Å². The smallest absolute Gasteiger partial charge is 0.310 e. The van der Waals surface area contributed by atoms with E-state index in [4.69, 9.17) is 5.11 Å². The molecule has 2 N–H and O–H groups in total. The number of carboxylic acids is 1. The van der Waals surface area contributed by atoms with Crippen LogP contribution in [0.25, 0.3) is 0 Å². The van der Waals surface area contributed by atoms with Crippen LogP contribution < -0.4 is 5.32 Å². The molecule has 0 fully saturated rings. The number of rotatable bonds is 5. The molecule has 0 aliphatic rings. The normalized spacial score (nSPS) is 12.8. The van der Waals surface area contributed by atoms with Gasteiger partial charge in [-0.3, -0.25) is 9.59 Å². The molecule has 1 rings (SSSR count). The molecule has 0 saturated carbocycles. The van der Waals surface area contributed by atoms with Crippen LogP contribution in [0.4, 0.5) is 0 Å². The van der Waals surface area contributed by atoms with Crippen molar-refractivity contribution in [3.05, 3.63) is 34.3 Å². The molecule has 104 valence electrons. The van der Waals surface area contributed by atoms with Crippen molar-refractivity contribution in [1.29, 1.82) is 0 Å². The lowest BCUT2D eigenvalue weighted by Gasteiger charge is -2.21. The van der Waals surface area contributed by atoms with E-state index in [1.54, 1.807) is 20.8 Å². The standard InChI is InChI=1S/C14H18BrNO3/c1-9(10-4-6-11(15)7-5-10)12(17)16-8-14(2,3)13(18)19/h4-7,9H,8H2,1-3H3,(H,16,17)(H,18,19). The second-order valence-electron chi connectivity index (χ2n) is 5.18. The fourth-order valence-corrected chi connectivity index (χ4v) is 1.70. The van der Waals surface area contributed by atoms with Crippen LogP contribution in [-0.2, 0) is 9.59 Å². The molecular formula is C14H18BrNO3. The molecule has 5 heteroatoms. The summed E-state index contributed by atoms with van der Waals surface area (Å²) in [7, 11) is 0. The molecule has 0 aliphatic heterocycles. The Labute approximate surface area is 121 Å². The third kappa shape index (κ3) is 4.35. The highest BCUT2D eigenvalue weighted by molar-refractivity contribution is 9.10. The number of carbonyl (C=O) groups is 2. The lowest BCUT2D eigenvalue weighted by molar-refractivity contribution is -0.146. The molecule has 1 aromatic carbocycles. The Bertz CT molecular complexity index is 468. The molecule has 4 nitrogen and oxygen atoms in total. The molecular weight excluding hydrogens is 310 g/mol. The van der Waals surface area contributed by atoms with Crippen molar-refractivity contribution in [2.45, 2.75) is 26.7 Å². The van der Waals surface area contributed by atoms with Gasteiger partial charge in [0.2, 0.25) is 5.91 Å². The Morgan fingerprint density at radius 1 is 1.32 bits per heavy atom. The minimum atomic E-state index is -0.963. The summed E-state index contributed by atoms with van der Waals surface area (Å²) in [5.41, 5.74) is -0.0661. The quantitative estimate of drug-likeness (QED) is 0.873. The van der Waals surface area contributed by atoms with E-state index < -0.39 is 11.4 Å². The van der Waals surface area contributed by atoms with Crippen LogP contribution in [0, 0.1) is 5.41 Å². The third-order valence-electron chi connectivity index (χ3n) is 3.05. The van der Waals surface area contributed by atoms with Crippen LogP contribution >= 0.6 is 15.9 Å². The van der Waals surface area contributed by atoms with E-state index in [-0.39, 0.29) is 18.4 Å². The summed E-state index contributed by atoms with van der Waals surface area (Å²) < 4.78 is 0.955. The van der Waals surface area contributed by atoms with E-state index in [9.17, 15) is 9.59 Å². The number of hydrogen-bond donors (Lipinski definition) is 2. The maximum Gasteiger partial charge on any atom is 0.310 e. The van der Waals surface area contributed by atoms with Gasteiger partial charge in [-0.15, -0.1) is 0 Å². The second-order valence-corrected chi connectivity index (χ2v) is 6.10. The van der Waals surface area contributed by atoms with Gasteiger partial charge in [-0.05, 0) is 38.5 Å². The molecule has 19 heavy (non-hydrogen) atoms. The van der Waals surface area contributed by atoms with Crippen LogP contribution in [-0.4, -0.2) is 23.5 Å². The van der Waals surface area contributed by atoms with Crippen molar-refractivity contribution in [2.24, 2.45) is 5.41 Å². The molecule has 0 saturated heterocycles. The predicted molar refractivity (Wildman–Crippen MR) is 77.0 cm³/mol. The number of halogens is 1. The number of benzene rings is 1. The van der Waals surface area contributed by atoms with Gasteiger partial charge in [0.1, 0.15) is 0 Å². The highest BCUT2D eigenvalue weighted by atomic mass is 79.9. The van der Waals surface area contributed by atoms with E-state index in [2.05, 4.69) is 21.2 Å². The fraction of sp³-hybridized carbons (Fsp3) is 0.429. The summed E-state index contributed by atoms with van der Waals surface area (Å²) in [5, 5.41) is 11.7. The first-order valence-corrected chi connectivity index (χ1v) is 6.80. The molecule has 1 aromatic rings. The lowest BCUT2D eigenvalue weighted by Crippen LogP contribution is -2.40. The minimum absolute atomic E-state index is 0.113. The number of aliphatic carboxylic acids is 1. The van der Waals surface area contributed by atoms with Crippen LogP contribution in [0.15, 0.2) is 28.7 Å². The van der Waals surface area contributed by atoms with E-state index >= 15 is 0 Å². The van der Waals surface area contributed by atoms with E-state index in [1.807, 2.05) is 24.3 Å². The Hall–Kier alpha value is -1.36. The zero-order chi connectivity index (χ0) is 14.6. The topological polar surface area (TPSA) is 66.4 Å². The number of nitrogens with one attached hydrogen (secondary N) is 1. The molecule has 0 aromatic heterocycles. The van der Waals surface area contributed by atoms with Crippen molar-refractivity contribution < 1.29 is 14.7 Å². The van der Waals surface area contributed by atoms with Crippen molar-refractivity contribution in [1.82, 2.24) is 5.32 Å². The molecule has 1 atom stereocenters. The molecule has 0 spiro atoms. The van der Waals surface area contributed by atoms with Crippen LogP contribution in [0.3, 0.4) is 0 Å². The first-order chi connectivity index (χ1) is 8.74. The van der Waals surface area contributed by atoms with Gasteiger partial charge in [-0.2, -0.15) is 0 Å². The average molecular weight is 328 g/mol. The second kappa shape index (κ2) is 6.19. The molecule has 0 radical (unpaired) electrons. The van der Waals surface area contributed by atoms with Gasteiger partial charge in [0.25, 0.3) is 0 Å². The summed E-state index contributed by atoms with van der Waals surface area (Å²) in [6.07, 6.45) is 0. The third-order valence-corrected chi connectivity index (χ3v) is 3.58. The molecule has 0 bridgehead atoms. The number of carbonyl (C=O) groups excluding carboxylic acids is 1. The minimum Gasteiger partial charge on any atom is -0.481 e. The summed E-state index contributed by atoms with van der Waals surface area (Å²) in [6.45, 7) is 5.08. The van der Waals surface area contributed by atoms with Gasteiger partial charge in [0.05, 0.1) is 11.3 Å². The zero-order valence-corrected chi connectivity index (χ0v) is 12.8. The average Bonchev–Trinajstić information content (AvgIpc) is 2.36. The molecule has 1 unspecified atom stereocenters. The van der Waals surface area contributed by atoms with Gasteiger partial charge in [-0.25, -0.2) is 0 Å². The van der Waals surface area contributed by atoms with Crippen molar-refractivity contribution in [3.8, 4) is 0 Å². The molecule has 0 aliphatic carbocycles. The van der Waals surface area contributed by atoms with Crippen LogP contribution in [0.5, 0.6) is 0 Å². The first-order valence-electron chi connectivity index (χ1n) is 6.00. The molecule has 0 heterocycles. The zero-order valence-electron chi connectivity index (χ0n) is 11.2. The van der Waals surface area contributed by atoms with Crippen molar-refractivity contribution >= 4 is 27.8 Å². The summed E-state index contributed by atoms with van der Waals surface area (Å²) in [5.74, 6) is -1.40. The van der Waals surface area contributed by atoms with Gasteiger partial charge >= 0.3 is 5.97 Å². The van der Waals surface area contributed by atoms with Gasteiger partial charge < -0.3 is 10.4 Å². The van der Waals surface area contributed by atoms with E-state index in [0.717, 1.165) is 10.0 Å². The Kier molecular flexibility index (Phi) is 5.11. The fourth-order valence-electron chi connectivity index (χ4n) is 1.44. The van der Waals surface area contributed by atoms with Gasteiger partial charge in [-0.1, -0.05) is 28.1 Å². The van der Waals surface area contributed by atoms with E-state index in [1.165, 1.54) is 0 Å². The Morgan fingerprint density at radius 3 is 2.32 bits per heavy atom. The summed E-state index contributed by atoms with van der Waals surface area (Å²) in [6, 6.07) is 7.49.